The fraction of sp³-hybridized carbons (Fsp3) is 0.409. The molecule has 161 valence electrons. The highest BCUT2D eigenvalue weighted by Gasteiger charge is 2.28. The molecule has 1 saturated heterocycles. The highest BCUT2D eigenvalue weighted by molar-refractivity contribution is 6.64. The van der Waals surface area contributed by atoms with Gasteiger partial charge < -0.3 is 19.2 Å². The summed E-state index contributed by atoms with van der Waals surface area (Å²) in [4.78, 5) is 27.0. The van der Waals surface area contributed by atoms with Crippen LogP contribution in [0, 0.1) is 11.3 Å². The van der Waals surface area contributed by atoms with Crippen LogP contribution in [-0.4, -0.2) is 62.9 Å². The van der Waals surface area contributed by atoms with E-state index >= 15 is 0 Å². The maximum Gasteiger partial charge on any atom is 0.387 e. The molecule has 1 aliphatic carbocycles. The van der Waals surface area contributed by atoms with E-state index in [2.05, 4.69) is 0 Å². The minimum absolute atomic E-state index is 0.0124. The summed E-state index contributed by atoms with van der Waals surface area (Å²) in [7, 11) is 4.94. The zero-order valence-electron chi connectivity index (χ0n) is 17.5. The maximum atomic E-state index is 13.1. The number of nitrogens with zero attached hydrogens (tertiary/aromatic N) is 3. The lowest BCUT2D eigenvalue weighted by Crippen LogP contribution is -2.36. The van der Waals surface area contributed by atoms with Gasteiger partial charge in [0.2, 0.25) is 5.78 Å². The molecule has 6 nitrogen and oxygen atoms in total. The quantitative estimate of drug-likeness (QED) is 0.276. The molecule has 1 fully saturated rings. The van der Waals surface area contributed by atoms with Crippen LogP contribution < -0.4 is 4.74 Å². The predicted octanol–water partition coefficient (Wildman–Crippen LogP) is 2.75. The van der Waals surface area contributed by atoms with Crippen molar-refractivity contribution in [3.05, 3.63) is 46.2 Å². The van der Waals surface area contributed by atoms with E-state index in [0.717, 1.165) is 11.7 Å². The summed E-state index contributed by atoms with van der Waals surface area (Å²) in [5.74, 6) is -0.248. The first-order valence-corrected chi connectivity index (χ1v) is 10.00. The van der Waals surface area contributed by atoms with Gasteiger partial charge in [0.1, 0.15) is 17.4 Å². The fourth-order valence-corrected chi connectivity index (χ4v) is 4.07. The Hall–Kier alpha value is -2.99. The molecule has 0 spiro atoms. The Kier molecular flexibility index (Phi) is 7.23. The Morgan fingerprint density at radius 3 is 2.65 bits per heavy atom. The molecule has 0 aromatic heterocycles. The normalized spacial score (nSPS) is 17.0. The van der Waals surface area contributed by atoms with Gasteiger partial charge in [-0.25, -0.2) is 0 Å². The summed E-state index contributed by atoms with van der Waals surface area (Å²) >= 11 is 0. The smallest absolute Gasteiger partial charge is 0.387 e. The molecule has 1 heterocycles. The number of hydrogen-bond donors (Lipinski definition) is 0. The average Bonchev–Trinajstić information content (AvgIpc) is 3.14. The lowest BCUT2D eigenvalue weighted by molar-refractivity contribution is -0.111. The van der Waals surface area contributed by atoms with E-state index in [9.17, 15) is 23.6 Å². The monoisotopic (exact) mass is 426 g/mol. The molecule has 0 atom stereocenters. The number of alkyl halides is 2. The molecular formula is C22H23BF2N3O3. The van der Waals surface area contributed by atoms with Crippen molar-refractivity contribution in [3.63, 3.8) is 0 Å². The molecule has 0 N–H and O–H groups in total. The number of piperidine rings is 1. The van der Waals surface area contributed by atoms with Crippen molar-refractivity contribution in [1.82, 2.24) is 9.71 Å². The molecule has 1 radical (unpaired) electrons. The summed E-state index contributed by atoms with van der Waals surface area (Å²) in [6, 6.07) is 5.33. The third kappa shape index (κ3) is 5.39. The number of ketones is 1. The summed E-state index contributed by atoms with van der Waals surface area (Å²) in [6.45, 7) is -1.66. The van der Waals surface area contributed by atoms with Gasteiger partial charge in [0, 0.05) is 32.3 Å². The van der Waals surface area contributed by atoms with Crippen molar-refractivity contribution in [1.29, 1.82) is 5.26 Å². The summed E-state index contributed by atoms with van der Waals surface area (Å²) in [6.07, 6.45) is 5.58. The topological polar surface area (TPSA) is 73.6 Å². The van der Waals surface area contributed by atoms with E-state index in [1.807, 2.05) is 16.9 Å². The molecule has 0 unspecified atom stereocenters. The van der Waals surface area contributed by atoms with Gasteiger partial charge in [-0.05, 0) is 60.7 Å². The molecule has 1 aliphatic heterocycles. The van der Waals surface area contributed by atoms with E-state index in [1.165, 1.54) is 13.6 Å². The van der Waals surface area contributed by atoms with Crippen LogP contribution in [0.5, 0.6) is 5.75 Å². The number of fused-ring (bicyclic) bond motifs is 1. The van der Waals surface area contributed by atoms with Gasteiger partial charge in [0.05, 0.1) is 6.19 Å². The van der Waals surface area contributed by atoms with Crippen molar-refractivity contribution < 1.29 is 23.1 Å². The van der Waals surface area contributed by atoms with Gasteiger partial charge in [-0.15, -0.1) is 0 Å². The first-order valence-electron chi connectivity index (χ1n) is 10.00. The van der Waals surface area contributed by atoms with Gasteiger partial charge in [0.25, 0.3) is 7.41 Å². The minimum Gasteiger partial charge on any atom is -0.435 e. The predicted molar refractivity (Wildman–Crippen MR) is 113 cm³/mol. The molecular weight excluding hydrogens is 403 g/mol. The summed E-state index contributed by atoms with van der Waals surface area (Å²) in [5.41, 5.74) is 2.66. The van der Waals surface area contributed by atoms with E-state index < -0.39 is 6.61 Å². The number of benzene rings is 1. The van der Waals surface area contributed by atoms with Crippen LogP contribution in [0.1, 0.15) is 35.4 Å². The van der Waals surface area contributed by atoms with Crippen LogP contribution in [0.15, 0.2) is 29.5 Å². The van der Waals surface area contributed by atoms with Crippen LogP contribution in [0.25, 0.3) is 6.08 Å². The highest BCUT2D eigenvalue weighted by atomic mass is 19.3. The molecule has 1 aromatic rings. The molecule has 2 aliphatic rings. The Bertz CT molecular complexity index is 961. The second-order valence-corrected chi connectivity index (χ2v) is 7.86. The van der Waals surface area contributed by atoms with Gasteiger partial charge in [-0.3, -0.25) is 4.79 Å². The summed E-state index contributed by atoms with van der Waals surface area (Å²) < 4.78 is 31.0. The number of rotatable bonds is 8. The van der Waals surface area contributed by atoms with Crippen LogP contribution in [-0.2, 0) is 16.0 Å². The molecule has 1 aromatic carbocycles. The average molecular weight is 426 g/mol. The maximum absolute atomic E-state index is 13.1. The Morgan fingerprint density at radius 2 is 2.06 bits per heavy atom. The standard InChI is InChI=1S/C22H23BF2N3O3/c1-27(2)12-18(11-26)21(30)17-7-15-9-19(14-3-5-28(6-4-14)23-13-29)20(31-22(24)25)10-16(15)8-17/h8-10,12-14,22H,3-7H2,1-2H3/b18-12+. The number of nitriles is 1. The third-order valence-electron chi connectivity index (χ3n) is 5.48. The highest BCUT2D eigenvalue weighted by Crippen LogP contribution is 2.40. The van der Waals surface area contributed by atoms with Crippen LogP contribution >= 0.6 is 0 Å². The number of carbonyl (C=O) groups excluding carboxylic acids is 2. The van der Waals surface area contributed by atoms with E-state index in [1.54, 1.807) is 31.1 Å². The van der Waals surface area contributed by atoms with Gasteiger partial charge >= 0.3 is 6.61 Å². The van der Waals surface area contributed by atoms with E-state index in [-0.39, 0.29) is 23.0 Å². The molecule has 9 heteroatoms. The fourth-order valence-electron chi connectivity index (χ4n) is 4.07. The first-order chi connectivity index (χ1) is 14.8. The second kappa shape index (κ2) is 9.88. The van der Waals surface area contributed by atoms with Crippen molar-refractivity contribution >= 4 is 25.5 Å². The molecule has 0 bridgehead atoms. The Balaban J connectivity index is 1.87. The number of halogens is 2. The lowest BCUT2D eigenvalue weighted by Gasteiger charge is -2.32. The van der Waals surface area contributed by atoms with Crippen molar-refractivity contribution in [2.24, 2.45) is 0 Å². The number of ether oxygens (including phenoxy) is 1. The number of carbonyl (C=O) groups is 2. The largest absolute Gasteiger partial charge is 0.435 e. The van der Waals surface area contributed by atoms with Crippen molar-refractivity contribution in [3.8, 4) is 11.8 Å². The number of Topliss-reactive ketones (excluding diaryl/α,β-unsaturated/α-hetero) is 1. The van der Waals surface area contributed by atoms with Gasteiger partial charge in [-0.2, -0.15) is 14.0 Å². The molecule has 0 amide bonds. The van der Waals surface area contributed by atoms with E-state index in [4.69, 9.17) is 4.74 Å². The van der Waals surface area contributed by atoms with Crippen molar-refractivity contribution in [2.75, 3.05) is 27.2 Å². The Labute approximate surface area is 181 Å². The lowest BCUT2D eigenvalue weighted by atomic mass is 9.83. The second-order valence-electron chi connectivity index (χ2n) is 7.86. The van der Waals surface area contributed by atoms with Gasteiger partial charge in [0.15, 0.2) is 0 Å². The molecule has 3 rings (SSSR count). The molecule has 0 saturated carbocycles. The first kappa shape index (κ1) is 22.7. The van der Waals surface area contributed by atoms with Crippen LogP contribution in [0.4, 0.5) is 8.78 Å². The number of hydrogen-bond acceptors (Lipinski definition) is 6. The third-order valence-corrected chi connectivity index (χ3v) is 5.48. The van der Waals surface area contributed by atoms with E-state index in [0.29, 0.717) is 49.1 Å². The van der Waals surface area contributed by atoms with Crippen LogP contribution in [0.2, 0.25) is 0 Å². The van der Waals surface area contributed by atoms with Crippen LogP contribution in [0.3, 0.4) is 0 Å². The van der Waals surface area contributed by atoms with Gasteiger partial charge in [-0.1, -0.05) is 6.07 Å². The SMILES string of the molecule is CN(C)/C=C(\C#N)C(=O)C1=Cc2cc(OC(F)F)c(C3CCN([B]C=O)CC3)cc2C1. The Morgan fingerprint density at radius 1 is 1.35 bits per heavy atom. The number of allylic oxidation sites excluding steroid dienone is 2. The molecule has 31 heavy (non-hydrogen) atoms. The minimum atomic E-state index is -2.96. The zero-order chi connectivity index (χ0) is 22.5. The zero-order valence-corrected chi connectivity index (χ0v) is 17.5. The summed E-state index contributed by atoms with van der Waals surface area (Å²) in [5, 5.41) is 9.32. The van der Waals surface area contributed by atoms with Crippen molar-refractivity contribution in [2.45, 2.75) is 31.8 Å².